The Morgan fingerprint density at radius 2 is 2.22 bits per heavy atom. The molecule has 23 heavy (non-hydrogen) atoms. The maximum atomic E-state index is 12.2. The van der Waals surface area contributed by atoms with Gasteiger partial charge in [-0.2, -0.15) is 0 Å². The summed E-state index contributed by atoms with van der Waals surface area (Å²) in [5.74, 6) is 0.901. The predicted octanol–water partition coefficient (Wildman–Crippen LogP) is 1.57. The van der Waals surface area contributed by atoms with Crippen molar-refractivity contribution in [1.29, 1.82) is 0 Å². The van der Waals surface area contributed by atoms with Crippen molar-refractivity contribution < 1.29 is 4.79 Å². The molecule has 2 fully saturated rings. The van der Waals surface area contributed by atoms with Crippen LogP contribution >= 0.6 is 0 Å². The molecule has 2 atom stereocenters. The first-order valence-corrected chi connectivity index (χ1v) is 8.54. The maximum Gasteiger partial charge on any atom is 0.315 e. The molecule has 3 heterocycles. The lowest BCUT2D eigenvalue weighted by atomic mass is 9.99. The largest absolute Gasteiger partial charge is 0.363 e. The number of carbonyl (C=O) groups excluding carboxylic acids is 1. The van der Waals surface area contributed by atoms with E-state index >= 15 is 0 Å². The van der Waals surface area contributed by atoms with Crippen LogP contribution in [0.1, 0.15) is 31.2 Å². The fourth-order valence-corrected chi connectivity index (χ4v) is 3.63. The second-order valence-corrected chi connectivity index (χ2v) is 6.74. The number of urea groups is 1. The molecule has 0 bridgehead atoms. The number of anilines is 1. The molecule has 0 spiro atoms. The summed E-state index contributed by atoms with van der Waals surface area (Å²) in [5.41, 5.74) is 1.06. The zero-order valence-corrected chi connectivity index (χ0v) is 14.1. The summed E-state index contributed by atoms with van der Waals surface area (Å²) in [7, 11) is 3.92. The average Bonchev–Trinajstić information content (AvgIpc) is 2.96. The minimum atomic E-state index is -0.0642. The van der Waals surface area contributed by atoms with Gasteiger partial charge in [-0.3, -0.25) is 4.90 Å². The SMILES string of the molecule is CN(C)c1cc(CNC(=O)NC2CCN3CCCCC23)ccn1. The van der Waals surface area contributed by atoms with Gasteiger partial charge in [-0.15, -0.1) is 0 Å². The number of carbonyl (C=O) groups is 1. The van der Waals surface area contributed by atoms with Gasteiger partial charge in [0.2, 0.25) is 0 Å². The number of hydrogen-bond donors (Lipinski definition) is 2. The zero-order chi connectivity index (χ0) is 16.2. The van der Waals surface area contributed by atoms with Crippen molar-refractivity contribution in [2.45, 2.75) is 44.3 Å². The Morgan fingerprint density at radius 1 is 1.35 bits per heavy atom. The molecule has 1 aromatic heterocycles. The van der Waals surface area contributed by atoms with Crippen LogP contribution in [-0.2, 0) is 6.54 Å². The molecular formula is C17H27N5O. The fraction of sp³-hybridized carbons (Fsp3) is 0.647. The van der Waals surface area contributed by atoms with E-state index in [0.717, 1.165) is 24.3 Å². The Kier molecular flexibility index (Phi) is 5.00. The third-order valence-corrected chi connectivity index (χ3v) is 4.89. The first kappa shape index (κ1) is 16.1. The van der Waals surface area contributed by atoms with Crippen molar-refractivity contribution in [3.63, 3.8) is 0 Å². The molecule has 2 amide bonds. The third kappa shape index (κ3) is 3.93. The van der Waals surface area contributed by atoms with Gasteiger partial charge in [0.1, 0.15) is 5.82 Å². The Balaban J connectivity index is 1.49. The number of hydrogen-bond acceptors (Lipinski definition) is 4. The van der Waals surface area contributed by atoms with Crippen LogP contribution in [0.3, 0.4) is 0 Å². The lowest BCUT2D eigenvalue weighted by molar-refractivity contribution is 0.179. The Morgan fingerprint density at radius 3 is 3.04 bits per heavy atom. The normalized spacial score (nSPS) is 24.1. The minimum absolute atomic E-state index is 0.0642. The molecule has 0 radical (unpaired) electrons. The van der Waals surface area contributed by atoms with Gasteiger partial charge in [0, 0.05) is 45.5 Å². The second-order valence-electron chi connectivity index (χ2n) is 6.74. The van der Waals surface area contributed by atoms with Crippen molar-refractivity contribution in [3.05, 3.63) is 23.9 Å². The number of piperidine rings is 1. The molecule has 2 saturated heterocycles. The first-order chi connectivity index (χ1) is 11.1. The first-order valence-electron chi connectivity index (χ1n) is 8.54. The number of fused-ring (bicyclic) bond motifs is 1. The molecule has 3 rings (SSSR count). The van der Waals surface area contributed by atoms with Gasteiger partial charge in [0.25, 0.3) is 0 Å². The van der Waals surface area contributed by atoms with Crippen LogP contribution in [0.25, 0.3) is 0 Å². The summed E-state index contributed by atoms with van der Waals surface area (Å²) in [6.45, 7) is 2.83. The molecule has 2 aliphatic rings. The van der Waals surface area contributed by atoms with Gasteiger partial charge >= 0.3 is 6.03 Å². The molecule has 0 aromatic carbocycles. The van der Waals surface area contributed by atoms with Crippen molar-refractivity contribution >= 4 is 11.8 Å². The van der Waals surface area contributed by atoms with E-state index in [1.165, 1.54) is 25.8 Å². The Hall–Kier alpha value is -1.82. The Labute approximate surface area is 138 Å². The molecule has 6 nitrogen and oxygen atoms in total. The highest BCUT2D eigenvalue weighted by molar-refractivity contribution is 5.74. The number of pyridine rings is 1. The van der Waals surface area contributed by atoms with Crippen LogP contribution in [0.5, 0.6) is 0 Å². The van der Waals surface area contributed by atoms with Crippen LogP contribution in [0.15, 0.2) is 18.3 Å². The number of nitrogens with one attached hydrogen (secondary N) is 2. The van der Waals surface area contributed by atoms with Crippen molar-refractivity contribution in [2.24, 2.45) is 0 Å². The standard InChI is InChI=1S/C17H27N5O/c1-21(2)16-11-13(6-8-18-16)12-19-17(23)20-14-7-10-22-9-4-3-5-15(14)22/h6,8,11,14-15H,3-5,7,9-10,12H2,1-2H3,(H2,19,20,23). The van der Waals surface area contributed by atoms with E-state index in [0.29, 0.717) is 18.6 Å². The van der Waals surface area contributed by atoms with Crippen LogP contribution in [0, 0.1) is 0 Å². The van der Waals surface area contributed by atoms with E-state index in [1.807, 2.05) is 31.1 Å². The quantitative estimate of drug-likeness (QED) is 0.885. The second kappa shape index (κ2) is 7.17. The van der Waals surface area contributed by atoms with E-state index in [4.69, 9.17) is 0 Å². The summed E-state index contributed by atoms with van der Waals surface area (Å²) in [5, 5.41) is 6.14. The maximum absolute atomic E-state index is 12.2. The number of nitrogens with zero attached hydrogens (tertiary/aromatic N) is 3. The molecule has 0 saturated carbocycles. The molecule has 6 heteroatoms. The lowest BCUT2D eigenvalue weighted by Crippen LogP contribution is -2.49. The van der Waals surface area contributed by atoms with Crippen LogP contribution in [-0.4, -0.2) is 55.2 Å². The van der Waals surface area contributed by atoms with Crippen molar-refractivity contribution in [2.75, 3.05) is 32.1 Å². The monoisotopic (exact) mass is 317 g/mol. The van der Waals surface area contributed by atoms with Gasteiger partial charge < -0.3 is 15.5 Å². The summed E-state index contributed by atoms with van der Waals surface area (Å²) in [4.78, 5) is 21.0. The molecule has 2 unspecified atom stereocenters. The molecular weight excluding hydrogens is 290 g/mol. The van der Waals surface area contributed by atoms with Gasteiger partial charge in [0.15, 0.2) is 0 Å². The van der Waals surface area contributed by atoms with Gasteiger partial charge in [-0.25, -0.2) is 9.78 Å². The number of rotatable bonds is 4. The smallest absolute Gasteiger partial charge is 0.315 e. The van der Waals surface area contributed by atoms with Crippen molar-refractivity contribution in [1.82, 2.24) is 20.5 Å². The topological polar surface area (TPSA) is 60.5 Å². The zero-order valence-electron chi connectivity index (χ0n) is 14.1. The highest BCUT2D eigenvalue weighted by Crippen LogP contribution is 2.27. The predicted molar refractivity (Wildman–Crippen MR) is 91.6 cm³/mol. The third-order valence-electron chi connectivity index (χ3n) is 4.89. The Bertz CT molecular complexity index is 548. The summed E-state index contributed by atoms with van der Waals surface area (Å²) >= 11 is 0. The van der Waals surface area contributed by atoms with Gasteiger partial charge in [-0.1, -0.05) is 6.42 Å². The van der Waals surface area contributed by atoms with Gasteiger partial charge in [0.05, 0.1) is 0 Å². The molecule has 2 aliphatic heterocycles. The van der Waals surface area contributed by atoms with Crippen molar-refractivity contribution in [3.8, 4) is 0 Å². The highest BCUT2D eigenvalue weighted by Gasteiger charge is 2.36. The van der Waals surface area contributed by atoms with Crippen LogP contribution < -0.4 is 15.5 Å². The van der Waals surface area contributed by atoms with Crippen LogP contribution in [0.2, 0.25) is 0 Å². The number of aromatic nitrogens is 1. The van der Waals surface area contributed by atoms with E-state index in [9.17, 15) is 4.79 Å². The van der Waals surface area contributed by atoms with Gasteiger partial charge in [-0.05, 0) is 43.5 Å². The van der Waals surface area contributed by atoms with E-state index < -0.39 is 0 Å². The average molecular weight is 317 g/mol. The molecule has 1 aromatic rings. The minimum Gasteiger partial charge on any atom is -0.363 e. The van der Waals surface area contributed by atoms with E-state index in [1.54, 1.807) is 6.20 Å². The van der Waals surface area contributed by atoms with E-state index in [2.05, 4.69) is 20.5 Å². The summed E-state index contributed by atoms with van der Waals surface area (Å²) in [6.07, 6.45) is 6.64. The number of amides is 2. The summed E-state index contributed by atoms with van der Waals surface area (Å²) < 4.78 is 0. The highest BCUT2D eigenvalue weighted by atomic mass is 16.2. The van der Waals surface area contributed by atoms with E-state index in [-0.39, 0.29) is 6.03 Å². The molecule has 0 aliphatic carbocycles. The molecule has 2 N–H and O–H groups in total. The fourth-order valence-electron chi connectivity index (χ4n) is 3.63. The van der Waals surface area contributed by atoms with Crippen LogP contribution in [0.4, 0.5) is 10.6 Å². The molecule has 126 valence electrons. The lowest BCUT2D eigenvalue weighted by Gasteiger charge is -2.32. The summed E-state index contributed by atoms with van der Waals surface area (Å²) in [6, 6.07) is 4.70.